The zero-order valence-corrected chi connectivity index (χ0v) is 18.5. The third-order valence-electron chi connectivity index (χ3n) is 0.351. The van der Waals surface area contributed by atoms with Gasteiger partial charge in [-0.05, 0) is 62.3 Å². The number of hydrogen-bond donors (Lipinski definition) is 3. The molecule has 0 amide bonds. The van der Waals surface area contributed by atoms with E-state index in [2.05, 4.69) is 24.3 Å². The molecule has 0 bridgehead atoms. The van der Waals surface area contributed by atoms with Crippen LogP contribution in [-0.4, -0.2) is 32.1 Å². The largest absolute Gasteiger partial charge is 4.00 e. The second kappa shape index (κ2) is 13.7. The zero-order valence-electron chi connectivity index (χ0n) is 14.9. The molecular formula is C17H31HfO3-. The average molecular weight is 462 g/mol. The molecule has 1 aromatic carbocycles. The Labute approximate surface area is 150 Å². The van der Waals surface area contributed by atoms with Gasteiger partial charge in [0.2, 0.25) is 0 Å². The standard InChI is InChI=1S/C5H.3C4H10O.Hf/c1-2-4-5-3-1;3*1-4(2,3)5;/h1H;3*5H,1-3H3;/q-5;;;;+4. The van der Waals surface area contributed by atoms with Crippen LogP contribution in [0.15, 0.2) is 6.07 Å². The minimum Gasteiger partial charge on any atom is -0.999 e. The van der Waals surface area contributed by atoms with Crippen LogP contribution < -0.4 is 0 Å². The van der Waals surface area contributed by atoms with E-state index in [1.165, 1.54) is 0 Å². The summed E-state index contributed by atoms with van der Waals surface area (Å²) in [5.41, 5.74) is -1.50. The van der Waals surface area contributed by atoms with E-state index >= 15 is 0 Å². The fourth-order valence-electron chi connectivity index (χ4n) is 0.180. The van der Waals surface area contributed by atoms with Gasteiger partial charge < -0.3 is 45.7 Å². The molecule has 0 aliphatic heterocycles. The van der Waals surface area contributed by atoms with Gasteiger partial charge in [-0.15, -0.1) is 0 Å². The van der Waals surface area contributed by atoms with Gasteiger partial charge in [0.1, 0.15) is 0 Å². The van der Waals surface area contributed by atoms with E-state index in [4.69, 9.17) is 15.3 Å². The summed E-state index contributed by atoms with van der Waals surface area (Å²) < 4.78 is 0. The van der Waals surface area contributed by atoms with Crippen LogP contribution in [0.25, 0.3) is 0 Å². The van der Waals surface area contributed by atoms with E-state index in [9.17, 15) is 0 Å². The van der Waals surface area contributed by atoms with Crippen molar-refractivity contribution in [1.82, 2.24) is 0 Å². The van der Waals surface area contributed by atoms with Crippen molar-refractivity contribution in [2.24, 2.45) is 0 Å². The maximum absolute atomic E-state index is 8.52. The predicted molar refractivity (Wildman–Crippen MR) is 83.3 cm³/mol. The molecule has 0 saturated carbocycles. The topological polar surface area (TPSA) is 60.7 Å². The molecule has 0 unspecified atom stereocenters. The smallest absolute Gasteiger partial charge is 0.999 e. The summed E-state index contributed by atoms with van der Waals surface area (Å²) in [5.74, 6) is 0. The minimum atomic E-state index is -0.500. The van der Waals surface area contributed by atoms with Crippen molar-refractivity contribution in [2.75, 3.05) is 0 Å². The second-order valence-electron chi connectivity index (χ2n) is 7.20. The van der Waals surface area contributed by atoms with Crippen LogP contribution in [-0.2, 0) is 25.8 Å². The Morgan fingerprint density at radius 2 is 0.714 bits per heavy atom. The first kappa shape index (κ1) is 29.2. The summed E-state index contributed by atoms with van der Waals surface area (Å²) in [6.07, 6.45) is 0. The van der Waals surface area contributed by atoms with E-state index in [1.807, 2.05) is 0 Å². The van der Waals surface area contributed by atoms with Gasteiger partial charge in [-0.2, -0.15) is 0 Å². The van der Waals surface area contributed by atoms with Crippen molar-refractivity contribution < 1.29 is 41.2 Å². The Morgan fingerprint density at radius 1 is 0.571 bits per heavy atom. The van der Waals surface area contributed by atoms with E-state index < -0.39 is 16.8 Å². The van der Waals surface area contributed by atoms with Crippen LogP contribution in [0.4, 0.5) is 0 Å². The van der Waals surface area contributed by atoms with Gasteiger partial charge in [0, 0.05) is 0 Å². The van der Waals surface area contributed by atoms with Crippen molar-refractivity contribution in [3.05, 3.63) is 30.3 Å². The van der Waals surface area contributed by atoms with Crippen LogP contribution in [0.5, 0.6) is 0 Å². The van der Waals surface area contributed by atoms with Crippen molar-refractivity contribution in [1.29, 1.82) is 0 Å². The Balaban J connectivity index is -0.0000000903. The maximum atomic E-state index is 8.52. The van der Waals surface area contributed by atoms with Crippen molar-refractivity contribution >= 4 is 0 Å². The fraction of sp³-hybridized carbons (Fsp3) is 0.706. The molecule has 1 aromatic rings. The van der Waals surface area contributed by atoms with Crippen molar-refractivity contribution in [3.8, 4) is 0 Å². The van der Waals surface area contributed by atoms with Gasteiger partial charge in [0.05, 0.1) is 16.8 Å². The molecule has 1 rings (SSSR count). The quantitative estimate of drug-likeness (QED) is 0.411. The third kappa shape index (κ3) is 253. The van der Waals surface area contributed by atoms with Gasteiger partial charge in [-0.25, -0.2) is 0 Å². The van der Waals surface area contributed by atoms with Crippen LogP contribution in [0, 0.1) is 24.3 Å². The molecule has 0 fully saturated rings. The van der Waals surface area contributed by atoms with E-state index in [-0.39, 0.29) is 25.8 Å². The predicted octanol–water partition coefficient (Wildman–Crippen LogP) is 2.94. The summed E-state index contributed by atoms with van der Waals surface area (Å²) in [4.78, 5) is 0. The summed E-state index contributed by atoms with van der Waals surface area (Å²) in [5, 5.41) is 25.6. The normalized spacial score (nSPS) is 10.5. The van der Waals surface area contributed by atoms with Crippen molar-refractivity contribution in [2.45, 2.75) is 79.1 Å². The molecule has 21 heavy (non-hydrogen) atoms. The molecule has 0 aromatic heterocycles. The van der Waals surface area contributed by atoms with Crippen molar-refractivity contribution in [3.63, 3.8) is 0 Å². The summed E-state index contributed by atoms with van der Waals surface area (Å²) >= 11 is 0. The average Bonchev–Trinajstić information content (AvgIpc) is 2.45. The van der Waals surface area contributed by atoms with E-state index in [1.54, 1.807) is 68.4 Å². The van der Waals surface area contributed by atoms with Crippen LogP contribution >= 0.6 is 0 Å². The van der Waals surface area contributed by atoms with Gasteiger partial charge in [0.15, 0.2) is 0 Å². The zero-order chi connectivity index (χ0) is 17.0. The van der Waals surface area contributed by atoms with Gasteiger partial charge in [-0.3, -0.25) is 0 Å². The molecule has 0 aliphatic carbocycles. The monoisotopic (exact) mass is 463 g/mol. The third-order valence-corrected chi connectivity index (χ3v) is 0.351. The molecule has 0 atom stereocenters. The molecule has 4 heteroatoms. The first-order valence-corrected chi connectivity index (χ1v) is 6.50. The SMILES string of the molecule is CC(C)(C)O.CC(C)(C)O.CC(C)(C)O.[Hf+4].[c-]1[c-][c-][cH-][c-]1. The maximum Gasteiger partial charge on any atom is 4.00 e. The molecule has 0 heterocycles. The number of aliphatic hydroxyl groups is 3. The van der Waals surface area contributed by atoms with Crippen LogP contribution in [0.1, 0.15) is 62.3 Å². The summed E-state index contributed by atoms with van der Waals surface area (Å²) in [7, 11) is 0. The van der Waals surface area contributed by atoms with Crippen LogP contribution in [0.3, 0.4) is 0 Å². The van der Waals surface area contributed by atoms with Crippen LogP contribution in [0.2, 0.25) is 0 Å². The molecule has 0 aliphatic rings. The Bertz CT molecular complexity index is 211. The molecule has 3 N–H and O–H groups in total. The summed E-state index contributed by atoms with van der Waals surface area (Å²) in [6.45, 7) is 15.7. The first-order valence-electron chi connectivity index (χ1n) is 6.50. The number of rotatable bonds is 0. The second-order valence-corrected chi connectivity index (χ2v) is 7.20. The Hall–Kier alpha value is 0.100. The Kier molecular flexibility index (Phi) is 19.1. The molecule has 122 valence electrons. The Morgan fingerprint density at radius 3 is 0.762 bits per heavy atom. The van der Waals surface area contributed by atoms with E-state index in [0.717, 1.165) is 0 Å². The first-order chi connectivity index (χ1) is 8.50. The molecular weight excluding hydrogens is 431 g/mol. The molecule has 0 spiro atoms. The fourth-order valence-corrected chi connectivity index (χ4v) is 0.180. The molecule has 0 saturated heterocycles. The number of hydrogen-bond acceptors (Lipinski definition) is 3. The summed E-state index contributed by atoms with van der Waals surface area (Å²) in [6, 6.07) is 12.0. The minimum absolute atomic E-state index is 0. The molecule has 0 radical (unpaired) electrons. The van der Waals surface area contributed by atoms with Gasteiger partial charge in [0.25, 0.3) is 0 Å². The van der Waals surface area contributed by atoms with Gasteiger partial charge in [-0.1, -0.05) is 0 Å². The van der Waals surface area contributed by atoms with E-state index in [0.29, 0.717) is 0 Å². The molecule has 3 nitrogen and oxygen atoms in total. The van der Waals surface area contributed by atoms with Gasteiger partial charge >= 0.3 is 25.8 Å².